The molecule has 0 saturated carbocycles. The van der Waals surface area contributed by atoms with Crippen molar-refractivity contribution >= 4 is 11.6 Å². The molecule has 1 amide bonds. The molecule has 19 heavy (non-hydrogen) atoms. The fourth-order valence-electron chi connectivity index (χ4n) is 2.43. The number of hydrogen-bond donors (Lipinski definition) is 1. The van der Waals surface area contributed by atoms with Gasteiger partial charge in [0.15, 0.2) is 0 Å². The molecule has 1 aliphatic rings. The smallest absolute Gasteiger partial charge is 0.328 e. The summed E-state index contributed by atoms with van der Waals surface area (Å²) in [5.41, 5.74) is 5.17. The number of nitrogens with zero attached hydrogens (tertiary/aromatic N) is 1. The lowest BCUT2D eigenvalue weighted by Crippen LogP contribution is -2.53. The number of amides is 1. The summed E-state index contributed by atoms with van der Waals surface area (Å²) in [4.78, 5) is 13.1. The van der Waals surface area contributed by atoms with E-state index in [1.54, 1.807) is 32.0 Å². The zero-order valence-corrected chi connectivity index (χ0v) is 10.7. The molecule has 1 unspecified atom stereocenters. The van der Waals surface area contributed by atoms with Crippen molar-refractivity contribution < 1.29 is 18.0 Å². The first-order valence-electron chi connectivity index (χ1n) is 5.91. The maximum absolute atomic E-state index is 13.0. The molecule has 1 atom stereocenters. The molecule has 104 valence electrons. The number of hydrogen-bond acceptors (Lipinski definition) is 2. The van der Waals surface area contributed by atoms with E-state index >= 15 is 0 Å². The lowest BCUT2D eigenvalue weighted by molar-refractivity contribution is -0.152. The second kappa shape index (κ2) is 4.23. The first kappa shape index (κ1) is 13.9. The molecule has 0 aliphatic carbocycles. The lowest BCUT2D eigenvalue weighted by atomic mass is 9.86. The summed E-state index contributed by atoms with van der Waals surface area (Å²) >= 11 is 0. The maximum atomic E-state index is 13.0. The van der Waals surface area contributed by atoms with Crippen LogP contribution in [0.15, 0.2) is 24.3 Å². The molecule has 2 rings (SSSR count). The molecule has 3 nitrogen and oxygen atoms in total. The number of nitrogens with two attached hydrogens (primary N) is 1. The third kappa shape index (κ3) is 2.00. The number of para-hydroxylation sites is 1. The Morgan fingerprint density at radius 1 is 1.32 bits per heavy atom. The minimum Gasteiger partial charge on any atom is -0.328 e. The van der Waals surface area contributed by atoms with E-state index in [9.17, 15) is 18.0 Å². The molecule has 6 heteroatoms. The van der Waals surface area contributed by atoms with E-state index < -0.39 is 30.1 Å². The third-order valence-electron chi connectivity index (χ3n) is 3.50. The molecule has 0 spiro atoms. The highest BCUT2D eigenvalue weighted by molar-refractivity contribution is 6.08. The summed E-state index contributed by atoms with van der Waals surface area (Å²) in [5.74, 6) is -0.568. The van der Waals surface area contributed by atoms with E-state index in [1.807, 2.05) is 0 Å². The van der Waals surface area contributed by atoms with Crippen LogP contribution in [0.2, 0.25) is 0 Å². The third-order valence-corrected chi connectivity index (χ3v) is 3.50. The molecule has 0 radical (unpaired) electrons. The van der Waals surface area contributed by atoms with Crippen molar-refractivity contribution in [3.8, 4) is 0 Å². The maximum Gasteiger partial charge on any atom is 0.410 e. The molecule has 0 aromatic heterocycles. The van der Waals surface area contributed by atoms with Crippen molar-refractivity contribution in [2.45, 2.75) is 31.5 Å². The number of halogens is 3. The van der Waals surface area contributed by atoms with Crippen LogP contribution >= 0.6 is 0 Å². The Hall–Kier alpha value is -1.56. The molecule has 1 aliphatic heterocycles. The standard InChI is InChI=1S/C13H15F3N2O/c1-12(2)8-5-3-4-6-9(8)18(11(12)19)10(7-17)13(14,15)16/h3-6,10H,7,17H2,1-2H3. The van der Waals surface area contributed by atoms with Crippen molar-refractivity contribution in [1.82, 2.24) is 0 Å². The van der Waals surface area contributed by atoms with E-state index in [1.165, 1.54) is 6.07 Å². The van der Waals surface area contributed by atoms with Crippen molar-refractivity contribution in [2.24, 2.45) is 5.73 Å². The van der Waals surface area contributed by atoms with Crippen LogP contribution in [0.5, 0.6) is 0 Å². The summed E-state index contributed by atoms with van der Waals surface area (Å²) in [6, 6.07) is 4.54. The van der Waals surface area contributed by atoms with Gasteiger partial charge in [-0.25, -0.2) is 0 Å². The van der Waals surface area contributed by atoms with Gasteiger partial charge < -0.3 is 5.73 Å². The molecule has 1 aromatic carbocycles. The lowest BCUT2D eigenvalue weighted by Gasteiger charge is -2.30. The topological polar surface area (TPSA) is 46.3 Å². The van der Waals surface area contributed by atoms with Crippen LogP contribution < -0.4 is 10.6 Å². The van der Waals surface area contributed by atoms with Gasteiger partial charge in [-0.1, -0.05) is 18.2 Å². The average molecular weight is 272 g/mol. The van der Waals surface area contributed by atoms with Crippen LogP contribution in [0, 0.1) is 0 Å². The fraction of sp³-hybridized carbons (Fsp3) is 0.462. The molecule has 1 aromatic rings. The molecular formula is C13H15F3N2O. The fourth-order valence-corrected chi connectivity index (χ4v) is 2.43. The molecular weight excluding hydrogens is 257 g/mol. The number of anilines is 1. The van der Waals surface area contributed by atoms with Crippen LogP contribution in [-0.2, 0) is 10.2 Å². The highest BCUT2D eigenvalue weighted by atomic mass is 19.4. The summed E-state index contributed by atoms with van der Waals surface area (Å²) in [7, 11) is 0. The first-order chi connectivity index (χ1) is 8.71. The van der Waals surface area contributed by atoms with E-state index in [0.29, 0.717) is 11.3 Å². The van der Waals surface area contributed by atoms with Crippen LogP contribution in [0.1, 0.15) is 19.4 Å². The normalized spacial score (nSPS) is 19.5. The first-order valence-corrected chi connectivity index (χ1v) is 5.91. The van der Waals surface area contributed by atoms with Gasteiger partial charge in [-0.15, -0.1) is 0 Å². The number of carbonyl (C=O) groups excluding carboxylic acids is 1. The van der Waals surface area contributed by atoms with E-state index in [-0.39, 0.29) is 0 Å². The largest absolute Gasteiger partial charge is 0.410 e. The van der Waals surface area contributed by atoms with Gasteiger partial charge in [0.25, 0.3) is 0 Å². The van der Waals surface area contributed by atoms with Gasteiger partial charge in [0.05, 0.1) is 5.41 Å². The molecule has 0 fully saturated rings. The quantitative estimate of drug-likeness (QED) is 0.897. The van der Waals surface area contributed by atoms with E-state index in [2.05, 4.69) is 0 Å². The van der Waals surface area contributed by atoms with Crippen molar-refractivity contribution in [3.05, 3.63) is 29.8 Å². The monoisotopic (exact) mass is 272 g/mol. The van der Waals surface area contributed by atoms with Crippen LogP contribution in [0.4, 0.5) is 18.9 Å². The van der Waals surface area contributed by atoms with Gasteiger partial charge in [-0.3, -0.25) is 9.69 Å². The van der Waals surface area contributed by atoms with E-state index in [0.717, 1.165) is 4.90 Å². The average Bonchev–Trinajstić information content (AvgIpc) is 2.51. The Labute approximate surface area is 109 Å². The Balaban J connectivity index is 2.57. The van der Waals surface area contributed by atoms with Crippen molar-refractivity contribution in [2.75, 3.05) is 11.4 Å². The number of carbonyl (C=O) groups is 1. The van der Waals surface area contributed by atoms with Crippen molar-refractivity contribution in [1.29, 1.82) is 0 Å². The summed E-state index contributed by atoms with van der Waals surface area (Å²) < 4.78 is 39.1. The number of rotatable bonds is 2. The minimum absolute atomic E-state index is 0.297. The van der Waals surface area contributed by atoms with Crippen LogP contribution in [-0.4, -0.2) is 24.7 Å². The second-order valence-corrected chi connectivity index (χ2v) is 5.11. The van der Waals surface area contributed by atoms with Crippen LogP contribution in [0.25, 0.3) is 0 Å². The Kier molecular flexibility index (Phi) is 3.09. The van der Waals surface area contributed by atoms with Gasteiger partial charge in [-0.05, 0) is 25.5 Å². The van der Waals surface area contributed by atoms with Gasteiger partial charge in [0.1, 0.15) is 6.04 Å². The van der Waals surface area contributed by atoms with Gasteiger partial charge in [0.2, 0.25) is 5.91 Å². The Morgan fingerprint density at radius 3 is 2.42 bits per heavy atom. The highest BCUT2D eigenvalue weighted by Gasteiger charge is 2.53. The van der Waals surface area contributed by atoms with Crippen LogP contribution in [0.3, 0.4) is 0 Å². The second-order valence-electron chi connectivity index (χ2n) is 5.11. The number of fused-ring (bicyclic) bond motifs is 1. The summed E-state index contributed by atoms with van der Waals surface area (Å²) in [6.07, 6.45) is -4.54. The highest BCUT2D eigenvalue weighted by Crippen LogP contribution is 2.44. The van der Waals surface area contributed by atoms with E-state index in [4.69, 9.17) is 5.73 Å². The summed E-state index contributed by atoms with van der Waals surface area (Å²) in [6.45, 7) is 2.59. The number of benzene rings is 1. The summed E-state index contributed by atoms with van der Waals surface area (Å²) in [5, 5.41) is 0. The van der Waals surface area contributed by atoms with Gasteiger partial charge >= 0.3 is 6.18 Å². The van der Waals surface area contributed by atoms with Gasteiger partial charge in [-0.2, -0.15) is 13.2 Å². The minimum atomic E-state index is -4.54. The number of alkyl halides is 3. The molecule has 2 N–H and O–H groups in total. The molecule has 0 saturated heterocycles. The molecule has 0 bridgehead atoms. The SMILES string of the molecule is CC1(C)C(=O)N(C(CN)C(F)(F)F)c2ccccc21. The molecule has 1 heterocycles. The van der Waals surface area contributed by atoms with Gasteiger partial charge in [0, 0.05) is 12.2 Å². The Morgan fingerprint density at radius 2 is 1.89 bits per heavy atom. The zero-order chi connectivity index (χ0) is 14.4. The predicted octanol–water partition coefficient (Wildman–Crippen LogP) is 2.20. The Bertz CT molecular complexity index is 511. The predicted molar refractivity (Wildman–Crippen MR) is 65.9 cm³/mol. The zero-order valence-electron chi connectivity index (χ0n) is 10.7. The van der Waals surface area contributed by atoms with Crippen molar-refractivity contribution in [3.63, 3.8) is 0 Å².